The lowest BCUT2D eigenvalue weighted by Crippen LogP contribution is -2.25. The van der Waals surface area contributed by atoms with E-state index in [0.29, 0.717) is 66.2 Å². The molecule has 0 fully saturated rings. The van der Waals surface area contributed by atoms with E-state index in [1.165, 1.54) is 0 Å². The van der Waals surface area contributed by atoms with Crippen molar-refractivity contribution >= 4 is 44.1 Å². The molecule has 0 spiro atoms. The summed E-state index contributed by atoms with van der Waals surface area (Å²) in [4.78, 5) is 61.3. The molecule has 38 heavy (non-hydrogen) atoms. The first-order valence-electron chi connectivity index (χ1n) is 12.4. The van der Waals surface area contributed by atoms with Crippen molar-refractivity contribution in [2.45, 2.75) is 13.8 Å². The molecule has 0 bridgehead atoms. The molecule has 6 heteroatoms. The Morgan fingerprint density at radius 1 is 0.500 bits per heavy atom. The van der Waals surface area contributed by atoms with Crippen LogP contribution in [0, 0.1) is 13.8 Å². The van der Waals surface area contributed by atoms with Crippen LogP contribution >= 0.6 is 0 Å². The molecular weight excluding hydrogens is 476 g/mol. The van der Waals surface area contributed by atoms with Crippen LogP contribution in [0.25, 0.3) is 55.1 Å². The summed E-state index contributed by atoms with van der Waals surface area (Å²) in [6.45, 7) is 3.81. The molecule has 0 saturated carbocycles. The first-order chi connectivity index (χ1) is 18.3. The predicted octanol–water partition coefficient (Wildman–Crippen LogP) is 5.56. The Morgan fingerprint density at radius 2 is 0.895 bits per heavy atom. The lowest BCUT2D eigenvalue weighted by Gasteiger charge is -2.26. The molecule has 2 heterocycles. The molecule has 4 aromatic carbocycles. The number of H-pyrrole nitrogens is 2. The monoisotopic (exact) mass is 494 g/mol. The summed E-state index contributed by atoms with van der Waals surface area (Å²) in [5.74, 6) is -0.747. The highest BCUT2D eigenvalue weighted by Crippen LogP contribution is 2.46. The Labute approximate surface area is 214 Å². The van der Waals surface area contributed by atoms with Crippen LogP contribution in [-0.2, 0) is 0 Å². The van der Waals surface area contributed by atoms with Crippen LogP contribution in [0.5, 0.6) is 0 Å². The van der Waals surface area contributed by atoms with Crippen LogP contribution in [-0.4, -0.2) is 21.5 Å². The molecule has 0 unspecified atom stereocenters. The molecule has 2 aromatic heterocycles. The Hall–Kier alpha value is -5.10. The van der Waals surface area contributed by atoms with Gasteiger partial charge in [0.05, 0.1) is 22.5 Å². The second kappa shape index (κ2) is 6.81. The van der Waals surface area contributed by atoms with E-state index < -0.39 is 0 Å². The van der Waals surface area contributed by atoms with Crippen molar-refractivity contribution in [2.24, 2.45) is 0 Å². The largest absolute Gasteiger partial charge is 0.354 e. The minimum atomic E-state index is -0.374. The average Bonchev–Trinajstić information content (AvgIpc) is 2.91. The van der Waals surface area contributed by atoms with Crippen LogP contribution in [0.1, 0.15) is 43.0 Å². The number of aromatic amines is 2. The number of hydrogen-bond donors (Lipinski definition) is 2. The van der Waals surface area contributed by atoms with Gasteiger partial charge in [0.1, 0.15) is 0 Å². The third kappa shape index (κ3) is 2.42. The van der Waals surface area contributed by atoms with E-state index in [-0.39, 0.29) is 33.6 Å². The number of ketones is 2. The third-order valence-corrected chi connectivity index (χ3v) is 7.96. The summed E-state index contributed by atoms with van der Waals surface area (Å²) < 4.78 is 0. The van der Waals surface area contributed by atoms with E-state index in [4.69, 9.17) is 0 Å². The molecule has 0 amide bonds. The van der Waals surface area contributed by atoms with Crippen molar-refractivity contribution in [1.82, 2.24) is 9.97 Å². The number of rotatable bonds is 0. The van der Waals surface area contributed by atoms with E-state index in [1.54, 1.807) is 36.4 Å². The maximum atomic E-state index is 13.8. The minimum absolute atomic E-state index is 0.107. The number of aryl methyl sites for hydroxylation is 2. The van der Waals surface area contributed by atoms with E-state index in [0.717, 1.165) is 11.1 Å². The average molecular weight is 495 g/mol. The van der Waals surface area contributed by atoms with Crippen molar-refractivity contribution in [3.05, 3.63) is 114 Å². The number of aromatic nitrogens is 2. The van der Waals surface area contributed by atoms with Crippen LogP contribution < -0.4 is 10.9 Å². The van der Waals surface area contributed by atoms with Gasteiger partial charge in [-0.3, -0.25) is 19.2 Å². The van der Waals surface area contributed by atoms with Gasteiger partial charge in [0, 0.05) is 54.8 Å². The zero-order chi connectivity index (χ0) is 26.0. The highest BCUT2D eigenvalue weighted by atomic mass is 16.1. The topological polar surface area (TPSA) is 99.9 Å². The Balaban J connectivity index is 1.52. The predicted molar refractivity (Wildman–Crippen MR) is 147 cm³/mol. The molecular formula is C32H18N2O4. The first kappa shape index (κ1) is 21.0. The van der Waals surface area contributed by atoms with E-state index in [9.17, 15) is 19.2 Å². The van der Waals surface area contributed by atoms with Gasteiger partial charge in [-0.25, -0.2) is 0 Å². The van der Waals surface area contributed by atoms with Gasteiger partial charge in [-0.15, -0.1) is 0 Å². The molecule has 6 aromatic rings. The van der Waals surface area contributed by atoms with Gasteiger partial charge >= 0.3 is 0 Å². The molecule has 0 saturated heterocycles. The summed E-state index contributed by atoms with van der Waals surface area (Å²) in [6, 6.07) is 18.0. The number of fused-ring (bicyclic) bond motifs is 6. The lowest BCUT2D eigenvalue weighted by molar-refractivity contribution is 0.102. The number of carbonyl (C=O) groups excluding carboxylic acids is 2. The molecule has 180 valence electrons. The molecule has 6 nitrogen and oxygen atoms in total. The SMILES string of the molecule is Cc1ccc2[nH]c3c(c(=O)c2c1)C(=O)c1ccc2c4c(ccc-3c14)C(=O)c1c-2[nH]c2ccc(C)cc2c1=O. The normalized spacial score (nSPS) is 13.3. The van der Waals surface area contributed by atoms with Crippen LogP contribution in [0.15, 0.2) is 70.3 Å². The summed E-state index contributed by atoms with van der Waals surface area (Å²) in [5.41, 5.74) is 5.76. The summed E-state index contributed by atoms with van der Waals surface area (Å²) in [5, 5.41) is 2.16. The Kier molecular flexibility index (Phi) is 3.77. The number of nitrogens with one attached hydrogen (secondary N) is 2. The molecule has 0 atom stereocenters. The summed E-state index contributed by atoms with van der Waals surface area (Å²) >= 11 is 0. The molecule has 2 aliphatic carbocycles. The number of hydrogen-bond acceptors (Lipinski definition) is 4. The number of benzene rings is 4. The fourth-order valence-electron chi connectivity index (χ4n) is 6.20. The maximum Gasteiger partial charge on any atom is 0.201 e. The van der Waals surface area contributed by atoms with E-state index in [1.807, 2.05) is 38.1 Å². The summed E-state index contributed by atoms with van der Waals surface area (Å²) in [6.07, 6.45) is 0. The van der Waals surface area contributed by atoms with Gasteiger partial charge in [0.25, 0.3) is 0 Å². The van der Waals surface area contributed by atoms with Crippen molar-refractivity contribution in [2.75, 3.05) is 0 Å². The molecule has 8 rings (SSSR count). The second-order valence-corrected chi connectivity index (χ2v) is 10.2. The molecule has 0 aliphatic heterocycles. The number of carbonyl (C=O) groups is 2. The lowest BCUT2D eigenvalue weighted by atomic mass is 9.77. The standard InChI is InChI=1S/C32H18N2O4/c1-13-3-9-21-19(11-13)31(37)25-27(33-21)15-5-8-18-24-16(6-7-17(23(15)24)29(25)35)28-26(30(18)36)32(38)20-12-14(2)4-10-22(20)34-28/h3-12H,1-2H3,(H,33,37)(H,34,38). The third-order valence-electron chi connectivity index (χ3n) is 7.96. The fourth-order valence-corrected chi connectivity index (χ4v) is 6.20. The fraction of sp³-hybridized carbons (Fsp3) is 0.0625. The van der Waals surface area contributed by atoms with Gasteiger partial charge in [0.15, 0.2) is 11.6 Å². The van der Waals surface area contributed by atoms with Crippen LogP contribution in [0.2, 0.25) is 0 Å². The molecule has 2 N–H and O–H groups in total. The molecule has 0 radical (unpaired) electrons. The highest BCUT2D eigenvalue weighted by molar-refractivity contribution is 6.33. The smallest absolute Gasteiger partial charge is 0.201 e. The first-order valence-corrected chi connectivity index (χ1v) is 12.4. The van der Waals surface area contributed by atoms with Gasteiger partial charge < -0.3 is 9.97 Å². The molecule has 2 aliphatic rings. The van der Waals surface area contributed by atoms with E-state index in [2.05, 4.69) is 9.97 Å². The van der Waals surface area contributed by atoms with Crippen LogP contribution in [0.4, 0.5) is 0 Å². The minimum Gasteiger partial charge on any atom is -0.354 e. The Bertz CT molecular complexity index is 2120. The quantitative estimate of drug-likeness (QED) is 0.288. The Morgan fingerprint density at radius 3 is 1.32 bits per heavy atom. The second-order valence-electron chi connectivity index (χ2n) is 10.2. The van der Waals surface area contributed by atoms with Crippen LogP contribution in [0.3, 0.4) is 0 Å². The van der Waals surface area contributed by atoms with Gasteiger partial charge in [-0.2, -0.15) is 0 Å². The maximum absolute atomic E-state index is 13.8. The zero-order valence-corrected chi connectivity index (χ0v) is 20.4. The highest BCUT2D eigenvalue weighted by Gasteiger charge is 2.35. The van der Waals surface area contributed by atoms with Gasteiger partial charge in [-0.05, 0) is 50.2 Å². The zero-order valence-electron chi connectivity index (χ0n) is 20.4. The summed E-state index contributed by atoms with van der Waals surface area (Å²) in [7, 11) is 0. The van der Waals surface area contributed by atoms with Crippen molar-refractivity contribution < 1.29 is 9.59 Å². The van der Waals surface area contributed by atoms with Crippen molar-refractivity contribution in [3.8, 4) is 22.5 Å². The van der Waals surface area contributed by atoms with Crippen molar-refractivity contribution in [1.29, 1.82) is 0 Å². The van der Waals surface area contributed by atoms with Gasteiger partial charge in [-0.1, -0.05) is 35.4 Å². The number of pyridine rings is 2. The van der Waals surface area contributed by atoms with Crippen molar-refractivity contribution in [3.63, 3.8) is 0 Å². The van der Waals surface area contributed by atoms with E-state index >= 15 is 0 Å². The van der Waals surface area contributed by atoms with Gasteiger partial charge in [0.2, 0.25) is 10.9 Å².